The molecule has 0 amide bonds. The van der Waals surface area contributed by atoms with Crippen LogP contribution in [0.5, 0.6) is 0 Å². The summed E-state index contributed by atoms with van der Waals surface area (Å²) in [4.78, 5) is 0.582. The number of hydrogen-bond acceptors (Lipinski definition) is 1. The molecule has 0 spiro atoms. The molecule has 1 aliphatic rings. The molecule has 1 fully saturated rings. The van der Waals surface area contributed by atoms with Crippen molar-refractivity contribution in [1.82, 2.24) is 4.90 Å². The molecule has 0 radical (unpaired) electrons. The van der Waals surface area contributed by atoms with Crippen molar-refractivity contribution in [3.05, 3.63) is 34.9 Å². The fourth-order valence-electron chi connectivity index (χ4n) is 1.64. The van der Waals surface area contributed by atoms with Crippen LogP contribution in [-0.2, 0) is 6.54 Å². The molecule has 16 heavy (non-hydrogen) atoms. The maximum Gasteiger partial charge on any atom is 0.460 e. The molecule has 1 saturated carbocycles. The van der Waals surface area contributed by atoms with Gasteiger partial charge in [0, 0.05) is 17.6 Å². The van der Waals surface area contributed by atoms with Crippen LogP contribution in [0.2, 0.25) is 5.02 Å². The van der Waals surface area contributed by atoms with Crippen molar-refractivity contribution in [3.8, 4) is 0 Å². The van der Waals surface area contributed by atoms with Gasteiger partial charge in [-0.25, -0.2) is 4.90 Å². The van der Waals surface area contributed by atoms with E-state index in [1.54, 1.807) is 24.3 Å². The Morgan fingerprint density at radius 1 is 1.31 bits per heavy atom. The Bertz CT molecular complexity index is 374. The van der Waals surface area contributed by atoms with Crippen molar-refractivity contribution in [2.24, 2.45) is 0 Å². The molecule has 0 bridgehead atoms. The zero-order valence-corrected chi connectivity index (χ0v) is 9.22. The van der Waals surface area contributed by atoms with Gasteiger partial charge in [-0.2, -0.15) is 13.2 Å². The second-order valence-corrected chi connectivity index (χ2v) is 4.39. The van der Waals surface area contributed by atoms with Crippen LogP contribution in [0.1, 0.15) is 18.4 Å². The summed E-state index contributed by atoms with van der Waals surface area (Å²) in [6.07, 6.45) is -3.01. The Balaban J connectivity index is 2.11. The standard InChI is InChI=1S/C11H11ClF3N/c12-9-3-1-2-8(6-9)7-16(10-4-5-10)11(13,14)15/h1-3,6,10H,4-5,7H2. The lowest BCUT2D eigenvalue weighted by Crippen LogP contribution is -2.39. The molecule has 0 N–H and O–H groups in total. The van der Waals surface area contributed by atoms with E-state index in [2.05, 4.69) is 0 Å². The highest BCUT2D eigenvalue weighted by Gasteiger charge is 2.45. The van der Waals surface area contributed by atoms with Crippen molar-refractivity contribution >= 4 is 11.6 Å². The zero-order chi connectivity index (χ0) is 11.8. The first kappa shape index (κ1) is 11.7. The first-order valence-corrected chi connectivity index (χ1v) is 5.42. The minimum atomic E-state index is -4.26. The van der Waals surface area contributed by atoms with Crippen LogP contribution in [0, 0.1) is 0 Å². The molecule has 0 aromatic heterocycles. The Labute approximate surface area is 96.8 Å². The first-order valence-electron chi connectivity index (χ1n) is 5.05. The lowest BCUT2D eigenvalue weighted by Gasteiger charge is -2.24. The number of halogens is 4. The van der Waals surface area contributed by atoms with E-state index in [0.717, 1.165) is 0 Å². The Kier molecular flexibility index (Phi) is 3.13. The van der Waals surface area contributed by atoms with Gasteiger partial charge in [0.1, 0.15) is 0 Å². The normalized spacial score (nSPS) is 16.8. The van der Waals surface area contributed by atoms with E-state index >= 15 is 0 Å². The van der Waals surface area contributed by atoms with Gasteiger partial charge in [0.15, 0.2) is 0 Å². The smallest absolute Gasteiger partial charge is 0.207 e. The molecule has 0 unspecified atom stereocenters. The lowest BCUT2D eigenvalue weighted by molar-refractivity contribution is -0.253. The molecular weight excluding hydrogens is 239 g/mol. The van der Waals surface area contributed by atoms with E-state index in [1.807, 2.05) is 0 Å². The predicted molar refractivity (Wildman–Crippen MR) is 56.1 cm³/mol. The lowest BCUT2D eigenvalue weighted by atomic mass is 10.2. The monoisotopic (exact) mass is 249 g/mol. The average Bonchev–Trinajstić information content (AvgIpc) is 2.95. The highest BCUT2D eigenvalue weighted by Crippen LogP contribution is 2.36. The van der Waals surface area contributed by atoms with Crippen LogP contribution in [0.25, 0.3) is 0 Å². The SMILES string of the molecule is FC(F)(F)N(Cc1cccc(Cl)c1)C1CC1. The van der Waals surface area contributed by atoms with E-state index in [1.165, 1.54) is 0 Å². The van der Waals surface area contributed by atoms with Crippen molar-refractivity contribution in [2.45, 2.75) is 31.7 Å². The van der Waals surface area contributed by atoms with Gasteiger partial charge in [0.25, 0.3) is 0 Å². The third kappa shape index (κ3) is 2.89. The summed E-state index contributed by atoms with van der Waals surface area (Å²) >= 11 is 5.74. The van der Waals surface area contributed by atoms with Crippen LogP contribution < -0.4 is 0 Å². The van der Waals surface area contributed by atoms with Crippen LogP contribution in [0.4, 0.5) is 13.2 Å². The third-order valence-electron chi connectivity index (χ3n) is 2.56. The highest BCUT2D eigenvalue weighted by atomic mass is 35.5. The van der Waals surface area contributed by atoms with E-state index in [9.17, 15) is 13.2 Å². The van der Waals surface area contributed by atoms with Crippen molar-refractivity contribution in [3.63, 3.8) is 0 Å². The number of hydrogen-bond donors (Lipinski definition) is 0. The van der Waals surface area contributed by atoms with Gasteiger partial charge in [-0.1, -0.05) is 23.7 Å². The highest BCUT2D eigenvalue weighted by molar-refractivity contribution is 6.30. The topological polar surface area (TPSA) is 3.24 Å². The molecule has 5 heteroatoms. The number of nitrogens with zero attached hydrogens (tertiary/aromatic N) is 1. The van der Waals surface area contributed by atoms with E-state index in [-0.39, 0.29) is 12.6 Å². The summed E-state index contributed by atoms with van der Waals surface area (Å²) in [5.74, 6) is 0. The molecule has 0 aliphatic heterocycles. The molecule has 0 heterocycles. The fraction of sp³-hybridized carbons (Fsp3) is 0.455. The molecule has 2 rings (SSSR count). The molecule has 1 aromatic rings. The number of alkyl halides is 3. The molecule has 88 valence electrons. The van der Waals surface area contributed by atoms with Crippen molar-refractivity contribution < 1.29 is 13.2 Å². The summed E-state index contributed by atoms with van der Waals surface area (Å²) in [5, 5.41) is 0.468. The van der Waals surface area contributed by atoms with Gasteiger partial charge >= 0.3 is 6.30 Å². The quantitative estimate of drug-likeness (QED) is 0.736. The Morgan fingerprint density at radius 2 is 2.00 bits per heavy atom. The minimum Gasteiger partial charge on any atom is -0.207 e. The number of benzene rings is 1. The summed E-state index contributed by atoms with van der Waals surface area (Å²) in [7, 11) is 0. The van der Waals surface area contributed by atoms with Gasteiger partial charge in [-0.15, -0.1) is 0 Å². The number of rotatable bonds is 3. The Hall–Kier alpha value is -0.740. The largest absolute Gasteiger partial charge is 0.460 e. The van der Waals surface area contributed by atoms with E-state index < -0.39 is 6.30 Å². The predicted octanol–water partition coefficient (Wildman–Crippen LogP) is 3.82. The van der Waals surface area contributed by atoms with E-state index in [4.69, 9.17) is 11.6 Å². The molecular formula is C11H11ClF3N. The fourth-order valence-corrected chi connectivity index (χ4v) is 1.86. The summed E-state index contributed by atoms with van der Waals surface area (Å²) < 4.78 is 38.1. The summed E-state index contributed by atoms with van der Waals surface area (Å²) in [6, 6.07) is 6.20. The van der Waals surface area contributed by atoms with Gasteiger partial charge in [0.05, 0.1) is 0 Å². The maximum atomic E-state index is 12.7. The van der Waals surface area contributed by atoms with Crippen LogP contribution >= 0.6 is 11.6 Å². The molecule has 1 aromatic carbocycles. The van der Waals surface area contributed by atoms with Gasteiger partial charge in [0.2, 0.25) is 0 Å². The second kappa shape index (κ2) is 4.26. The summed E-state index contributed by atoms with van der Waals surface area (Å²) in [5.41, 5.74) is 0.594. The molecule has 0 saturated heterocycles. The average molecular weight is 250 g/mol. The molecule has 0 atom stereocenters. The van der Waals surface area contributed by atoms with Gasteiger partial charge in [-0.3, -0.25) is 0 Å². The third-order valence-corrected chi connectivity index (χ3v) is 2.79. The van der Waals surface area contributed by atoms with E-state index in [0.29, 0.717) is 28.3 Å². The summed E-state index contributed by atoms with van der Waals surface area (Å²) in [6.45, 7) is -0.116. The second-order valence-electron chi connectivity index (χ2n) is 3.96. The maximum absolute atomic E-state index is 12.7. The van der Waals surface area contributed by atoms with Gasteiger partial charge in [-0.05, 0) is 30.5 Å². The van der Waals surface area contributed by atoms with Crippen LogP contribution in [0.15, 0.2) is 24.3 Å². The first-order chi connectivity index (χ1) is 7.47. The van der Waals surface area contributed by atoms with Crippen LogP contribution in [-0.4, -0.2) is 17.2 Å². The zero-order valence-electron chi connectivity index (χ0n) is 8.47. The minimum absolute atomic E-state index is 0.116. The Morgan fingerprint density at radius 3 is 2.50 bits per heavy atom. The van der Waals surface area contributed by atoms with Gasteiger partial charge < -0.3 is 0 Å². The van der Waals surface area contributed by atoms with Crippen molar-refractivity contribution in [2.75, 3.05) is 0 Å². The van der Waals surface area contributed by atoms with Crippen molar-refractivity contribution in [1.29, 1.82) is 0 Å². The van der Waals surface area contributed by atoms with Crippen LogP contribution in [0.3, 0.4) is 0 Å². The molecule has 1 nitrogen and oxygen atoms in total. The molecule has 1 aliphatic carbocycles.